The van der Waals surface area contributed by atoms with Gasteiger partial charge in [-0.25, -0.2) is 14.8 Å². The number of rotatable bonds is 6. The van der Waals surface area contributed by atoms with Crippen LogP contribution in [0.4, 0.5) is 9.93 Å². The maximum Gasteiger partial charge on any atom is 0.317 e. The number of likely N-dealkylation sites (N-methyl/N-ethyl adjacent to an activating group) is 1. The van der Waals surface area contributed by atoms with Gasteiger partial charge >= 0.3 is 6.03 Å². The SMILES string of the molecule is CC(CN(C)C(=O)NCc1csc(N(C)C)n1)c1nccs1. The number of amides is 2. The summed E-state index contributed by atoms with van der Waals surface area (Å²) in [6, 6.07) is -0.0946. The van der Waals surface area contributed by atoms with Crippen LogP contribution in [0.5, 0.6) is 0 Å². The van der Waals surface area contributed by atoms with Crippen LogP contribution < -0.4 is 10.2 Å². The topological polar surface area (TPSA) is 61.4 Å². The van der Waals surface area contributed by atoms with Crippen LogP contribution in [0.25, 0.3) is 0 Å². The Labute approximate surface area is 138 Å². The van der Waals surface area contributed by atoms with Crippen molar-refractivity contribution >= 4 is 33.8 Å². The second-order valence-corrected chi connectivity index (χ2v) is 7.09. The molecule has 0 aliphatic heterocycles. The molecule has 6 nitrogen and oxygen atoms in total. The van der Waals surface area contributed by atoms with Crippen molar-refractivity contribution in [3.63, 3.8) is 0 Å². The Morgan fingerprint density at radius 2 is 2.14 bits per heavy atom. The lowest BCUT2D eigenvalue weighted by Crippen LogP contribution is -2.38. The van der Waals surface area contributed by atoms with Gasteiger partial charge in [0, 0.05) is 50.6 Å². The van der Waals surface area contributed by atoms with E-state index in [-0.39, 0.29) is 11.9 Å². The molecule has 0 saturated carbocycles. The van der Waals surface area contributed by atoms with E-state index in [0.29, 0.717) is 13.1 Å². The Balaban J connectivity index is 1.80. The number of nitrogens with zero attached hydrogens (tertiary/aromatic N) is 4. The van der Waals surface area contributed by atoms with E-state index in [9.17, 15) is 4.79 Å². The van der Waals surface area contributed by atoms with Gasteiger partial charge in [-0.1, -0.05) is 6.92 Å². The molecule has 1 atom stereocenters. The van der Waals surface area contributed by atoms with Crippen LogP contribution in [0.1, 0.15) is 23.5 Å². The van der Waals surface area contributed by atoms with Crippen molar-refractivity contribution in [1.82, 2.24) is 20.2 Å². The summed E-state index contributed by atoms with van der Waals surface area (Å²) in [5.41, 5.74) is 0.878. The second kappa shape index (κ2) is 7.55. The minimum Gasteiger partial charge on any atom is -0.354 e. The third-order valence-electron chi connectivity index (χ3n) is 3.11. The molecule has 0 aliphatic carbocycles. The first kappa shape index (κ1) is 16.7. The summed E-state index contributed by atoms with van der Waals surface area (Å²) in [5.74, 6) is 0.232. The molecule has 0 aliphatic rings. The van der Waals surface area contributed by atoms with Crippen LogP contribution in [0, 0.1) is 0 Å². The van der Waals surface area contributed by atoms with Crippen LogP contribution in [0.2, 0.25) is 0 Å². The number of carbonyl (C=O) groups excluding carboxylic acids is 1. The largest absolute Gasteiger partial charge is 0.354 e. The van der Waals surface area contributed by atoms with Gasteiger partial charge in [0.05, 0.1) is 17.2 Å². The van der Waals surface area contributed by atoms with Gasteiger partial charge < -0.3 is 15.1 Å². The highest BCUT2D eigenvalue weighted by molar-refractivity contribution is 7.13. The third kappa shape index (κ3) is 4.41. The zero-order valence-corrected chi connectivity index (χ0v) is 14.9. The first-order valence-corrected chi connectivity index (χ1v) is 8.73. The molecule has 2 aromatic rings. The number of urea groups is 1. The van der Waals surface area contributed by atoms with Gasteiger partial charge in [0.2, 0.25) is 0 Å². The van der Waals surface area contributed by atoms with Gasteiger partial charge in [0.1, 0.15) is 0 Å². The molecule has 2 heterocycles. The molecule has 1 N–H and O–H groups in total. The van der Waals surface area contributed by atoms with Gasteiger partial charge in [0.25, 0.3) is 0 Å². The van der Waals surface area contributed by atoms with Crippen molar-refractivity contribution in [1.29, 1.82) is 0 Å². The minimum absolute atomic E-state index is 0.0946. The predicted molar refractivity (Wildman–Crippen MR) is 91.8 cm³/mol. The van der Waals surface area contributed by atoms with Crippen LogP contribution >= 0.6 is 22.7 Å². The summed E-state index contributed by atoms with van der Waals surface area (Å²) in [7, 11) is 5.70. The molecule has 0 aromatic carbocycles. The highest BCUT2D eigenvalue weighted by Crippen LogP contribution is 2.19. The first-order valence-electron chi connectivity index (χ1n) is 6.97. The summed E-state index contributed by atoms with van der Waals surface area (Å²) in [6.45, 7) is 3.16. The van der Waals surface area contributed by atoms with Crippen molar-refractivity contribution in [2.24, 2.45) is 0 Å². The molecular weight excluding hydrogens is 318 g/mol. The molecule has 0 saturated heterocycles. The Kier molecular flexibility index (Phi) is 5.73. The maximum atomic E-state index is 12.1. The fourth-order valence-corrected chi connectivity index (χ4v) is 3.38. The standard InChI is InChI=1S/C14H21N5OS2/c1-10(12-15-5-6-21-12)8-19(4)13(20)16-7-11-9-22-14(17-11)18(2)3/h5-6,9-10H,7-8H2,1-4H3,(H,16,20). The summed E-state index contributed by atoms with van der Waals surface area (Å²) in [5, 5.41) is 8.81. The van der Waals surface area contributed by atoms with Crippen molar-refractivity contribution in [3.8, 4) is 0 Å². The van der Waals surface area contributed by atoms with Crippen LogP contribution in [-0.2, 0) is 6.54 Å². The Morgan fingerprint density at radius 1 is 1.36 bits per heavy atom. The number of thiazole rings is 2. The van der Waals surface area contributed by atoms with Gasteiger partial charge in [0.15, 0.2) is 5.13 Å². The van der Waals surface area contributed by atoms with E-state index < -0.39 is 0 Å². The molecule has 0 fully saturated rings. The Morgan fingerprint density at radius 3 is 2.73 bits per heavy atom. The summed E-state index contributed by atoms with van der Waals surface area (Å²) in [6.07, 6.45) is 1.79. The normalized spacial score (nSPS) is 12.0. The molecule has 0 spiro atoms. The zero-order chi connectivity index (χ0) is 16.1. The lowest BCUT2D eigenvalue weighted by molar-refractivity contribution is 0.206. The fraction of sp³-hybridized carbons (Fsp3) is 0.500. The molecule has 2 amide bonds. The second-order valence-electron chi connectivity index (χ2n) is 5.33. The summed E-state index contributed by atoms with van der Waals surface area (Å²) >= 11 is 3.19. The van der Waals surface area contributed by atoms with Gasteiger partial charge in [-0.2, -0.15) is 0 Å². The lowest BCUT2D eigenvalue weighted by atomic mass is 10.2. The highest BCUT2D eigenvalue weighted by Gasteiger charge is 2.15. The quantitative estimate of drug-likeness (QED) is 0.879. The van der Waals surface area contributed by atoms with E-state index in [1.807, 2.05) is 29.8 Å². The van der Waals surface area contributed by atoms with Gasteiger partial charge in [-0.15, -0.1) is 22.7 Å². The van der Waals surface area contributed by atoms with E-state index in [0.717, 1.165) is 15.8 Å². The van der Waals surface area contributed by atoms with Gasteiger partial charge in [-0.05, 0) is 0 Å². The van der Waals surface area contributed by atoms with E-state index in [4.69, 9.17) is 0 Å². The predicted octanol–water partition coefficient (Wildman–Crippen LogP) is 2.61. The van der Waals surface area contributed by atoms with Crippen molar-refractivity contribution < 1.29 is 4.79 Å². The molecule has 22 heavy (non-hydrogen) atoms. The average molecular weight is 339 g/mol. The van der Waals surface area contributed by atoms with Gasteiger partial charge in [-0.3, -0.25) is 0 Å². The maximum absolute atomic E-state index is 12.1. The number of carbonyl (C=O) groups is 1. The number of anilines is 1. The Hall–Kier alpha value is -1.67. The monoisotopic (exact) mass is 339 g/mol. The lowest BCUT2D eigenvalue weighted by Gasteiger charge is -2.20. The van der Waals surface area contributed by atoms with Crippen LogP contribution in [0.3, 0.4) is 0 Å². The molecular formula is C14H21N5OS2. The van der Waals surface area contributed by atoms with E-state index in [2.05, 4.69) is 22.2 Å². The Bertz CT molecular complexity index is 596. The highest BCUT2D eigenvalue weighted by atomic mass is 32.1. The third-order valence-corrected chi connectivity index (χ3v) is 5.17. The van der Waals surface area contributed by atoms with Crippen LogP contribution in [-0.4, -0.2) is 48.6 Å². The van der Waals surface area contributed by atoms with Crippen molar-refractivity contribution in [3.05, 3.63) is 27.7 Å². The van der Waals surface area contributed by atoms with E-state index in [1.165, 1.54) is 0 Å². The molecule has 2 rings (SSSR count). The zero-order valence-electron chi connectivity index (χ0n) is 13.2. The summed E-state index contributed by atoms with van der Waals surface area (Å²) < 4.78 is 0. The first-order chi connectivity index (χ1) is 10.5. The molecule has 1 unspecified atom stereocenters. The molecule has 0 radical (unpaired) electrons. The molecule has 0 bridgehead atoms. The van der Waals surface area contributed by atoms with Crippen molar-refractivity contribution in [2.45, 2.75) is 19.4 Å². The number of hydrogen-bond donors (Lipinski definition) is 1. The number of nitrogens with one attached hydrogen (secondary N) is 1. The molecule has 2 aromatic heterocycles. The number of aromatic nitrogens is 2. The number of hydrogen-bond acceptors (Lipinski definition) is 6. The molecule has 8 heteroatoms. The molecule has 120 valence electrons. The summed E-state index contributed by atoms with van der Waals surface area (Å²) in [4.78, 5) is 24.5. The smallest absolute Gasteiger partial charge is 0.317 e. The average Bonchev–Trinajstić information content (AvgIpc) is 3.15. The van der Waals surface area contributed by atoms with Crippen LogP contribution in [0.15, 0.2) is 17.0 Å². The van der Waals surface area contributed by atoms with E-state index in [1.54, 1.807) is 40.8 Å². The van der Waals surface area contributed by atoms with Crippen molar-refractivity contribution in [2.75, 3.05) is 32.6 Å². The minimum atomic E-state index is -0.0946. The fourth-order valence-electron chi connectivity index (χ4n) is 1.93. The van der Waals surface area contributed by atoms with E-state index >= 15 is 0 Å².